The lowest BCUT2D eigenvalue weighted by molar-refractivity contribution is -0.142. The molecule has 0 saturated carbocycles. The van der Waals surface area contributed by atoms with Crippen molar-refractivity contribution in [2.24, 2.45) is 0 Å². The van der Waals surface area contributed by atoms with Gasteiger partial charge in [-0.05, 0) is 0 Å². The van der Waals surface area contributed by atoms with Crippen LogP contribution in [0.2, 0.25) is 0 Å². The summed E-state index contributed by atoms with van der Waals surface area (Å²) in [5.41, 5.74) is -2.24. The fraction of sp³-hybridized carbons (Fsp3) is 0.222. The molecule has 0 fully saturated rings. The van der Waals surface area contributed by atoms with E-state index in [1.807, 2.05) is 0 Å². The van der Waals surface area contributed by atoms with Gasteiger partial charge in [0.15, 0.2) is 17.4 Å². The highest BCUT2D eigenvalue weighted by Gasteiger charge is 2.42. The van der Waals surface area contributed by atoms with Gasteiger partial charge in [-0.3, -0.25) is 0 Å². The van der Waals surface area contributed by atoms with E-state index in [-0.39, 0.29) is 0 Å². The van der Waals surface area contributed by atoms with Crippen molar-refractivity contribution >= 4 is 25.2 Å². The molecule has 1 rings (SSSR count). The summed E-state index contributed by atoms with van der Waals surface area (Å²) in [4.78, 5) is 0. The Morgan fingerprint density at radius 2 is 1.59 bits per heavy atom. The van der Waals surface area contributed by atoms with Crippen LogP contribution in [0.25, 0.3) is 0 Å². The van der Waals surface area contributed by atoms with Gasteiger partial charge in [0.25, 0.3) is 0 Å². The molecule has 0 N–H and O–H groups in total. The molecule has 0 atom stereocenters. The zero-order valence-corrected chi connectivity index (χ0v) is 10.4. The molecule has 0 heterocycles. The lowest BCUT2D eigenvalue weighted by atomic mass is 10.1. The van der Waals surface area contributed by atoms with E-state index in [1.165, 1.54) is 0 Å². The van der Waals surface area contributed by atoms with Crippen LogP contribution in [-0.4, -0.2) is 11.6 Å². The normalized spacial score (nSPS) is 11.7. The summed E-state index contributed by atoms with van der Waals surface area (Å²) in [7, 11) is 0.910. The van der Waals surface area contributed by atoms with Crippen molar-refractivity contribution in [2.45, 2.75) is 6.18 Å². The highest BCUT2D eigenvalue weighted by molar-refractivity contribution is 14.2. The molecule has 0 unspecified atom stereocenters. The molecule has 1 aromatic rings. The molecule has 0 aliphatic rings. The Morgan fingerprint density at radius 1 is 1.06 bits per heavy atom. The Labute approximate surface area is 102 Å². The van der Waals surface area contributed by atoms with Crippen molar-refractivity contribution in [1.82, 2.24) is 0 Å². The van der Waals surface area contributed by atoms with Crippen LogP contribution in [0.4, 0.5) is 26.3 Å². The van der Waals surface area contributed by atoms with Crippen molar-refractivity contribution in [3.8, 4) is 5.75 Å². The van der Waals surface area contributed by atoms with Gasteiger partial charge >= 0.3 is 6.18 Å². The number of ether oxygens (including phenoxy) is 1. The second-order valence-electron chi connectivity index (χ2n) is 2.80. The maximum absolute atomic E-state index is 13.4. The van der Waals surface area contributed by atoms with Gasteiger partial charge in [0, 0.05) is 0 Å². The third-order valence-electron chi connectivity index (χ3n) is 1.84. The van der Waals surface area contributed by atoms with Gasteiger partial charge in [0.1, 0.15) is 5.56 Å². The molecule has 0 aromatic heterocycles. The van der Waals surface area contributed by atoms with Gasteiger partial charge in [-0.15, -0.1) is 0 Å². The van der Waals surface area contributed by atoms with E-state index in [1.54, 1.807) is 0 Å². The highest BCUT2D eigenvalue weighted by Crippen LogP contribution is 2.41. The zero-order chi connectivity index (χ0) is 13.4. The summed E-state index contributed by atoms with van der Waals surface area (Å²) < 4.78 is 83.8. The Kier molecular flexibility index (Phi) is 4.05. The second kappa shape index (κ2) is 4.83. The molecule has 96 valence electrons. The number of hydrogen-bond acceptors (Lipinski definition) is 1. The van der Waals surface area contributed by atoms with Gasteiger partial charge in [-0.25, -0.2) is 8.78 Å². The Balaban J connectivity index is 3.77. The Hall–Kier alpha value is -0.800. The van der Waals surface area contributed by atoms with Crippen molar-refractivity contribution < 1.29 is 31.1 Å². The predicted octanol–water partition coefficient (Wildman–Crippen LogP) is 3.70. The van der Waals surface area contributed by atoms with E-state index < -0.39 is 59.2 Å². The summed E-state index contributed by atoms with van der Waals surface area (Å²) in [6, 6.07) is 0. The quantitative estimate of drug-likeness (QED) is 0.438. The average molecular weight is 370 g/mol. The van der Waals surface area contributed by atoms with Crippen LogP contribution in [-0.2, 0) is 6.18 Å². The first kappa shape index (κ1) is 14.3. The van der Waals surface area contributed by atoms with Gasteiger partial charge in [-0.2, -0.15) is 17.6 Å². The maximum Gasteiger partial charge on any atom is 0.422 e. The molecule has 0 aliphatic heterocycles. The molecule has 17 heavy (non-hydrogen) atoms. The van der Waals surface area contributed by atoms with Crippen molar-refractivity contribution in [3.63, 3.8) is 0 Å². The SMILES string of the molecule is C=Ic1c(F)c(C(F)(F)F)c(F)c(F)c1OC. The summed E-state index contributed by atoms with van der Waals surface area (Å²) >= 11 is -1.49. The van der Waals surface area contributed by atoms with Crippen LogP contribution in [0.15, 0.2) is 0 Å². The van der Waals surface area contributed by atoms with Crippen LogP contribution < -0.4 is 4.74 Å². The van der Waals surface area contributed by atoms with Gasteiger partial charge in [0.2, 0.25) is 5.82 Å². The van der Waals surface area contributed by atoms with E-state index in [4.69, 9.17) is 0 Å². The maximum atomic E-state index is 13.4. The van der Waals surface area contributed by atoms with Gasteiger partial charge in [0.05, 0.1) is 10.7 Å². The van der Waals surface area contributed by atoms with Crippen LogP contribution >= 0.6 is 20.7 Å². The van der Waals surface area contributed by atoms with E-state index in [0.29, 0.717) is 0 Å². The van der Waals surface area contributed by atoms with Crippen LogP contribution in [0.5, 0.6) is 5.75 Å². The molecule has 1 aromatic carbocycles. The molecule has 0 bridgehead atoms. The molecule has 0 saturated heterocycles. The number of alkyl halides is 3. The molecule has 1 nitrogen and oxygen atoms in total. The molecule has 0 amide bonds. The third-order valence-corrected chi connectivity index (χ3v) is 3.57. The summed E-state index contributed by atoms with van der Waals surface area (Å²) in [5.74, 6) is -6.85. The van der Waals surface area contributed by atoms with E-state index >= 15 is 0 Å². The Bertz CT molecular complexity index is 468. The standard InChI is InChI=1S/C9H5F6IO/c1-16-7-5(11)3(9(13,14)15)4(10)6(12)8(7)17-2/h1H2,2H3. The monoisotopic (exact) mass is 370 g/mol. The lowest BCUT2D eigenvalue weighted by Crippen LogP contribution is -2.15. The number of benzene rings is 1. The van der Waals surface area contributed by atoms with Crippen molar-refractivity contribution in [1.29, 1.82) is 0 Å². The van der Waals surface area contributed by atoms with Crippen molar-refractivity contribution in [2.75, 3.05) is 7.11 Å². The molecule has 0 aliphatic carbocycles. The van der Waals surface area contributed by atoms with Gasteiger partial charge in [-0.1, -0.05) is 25.2 Å². The van der Waals surface area contributed by atoms with Gasteiger partial charge < -0.3 is 4.74 Å². The second-order valence-corrected chi connectivity index (χ2v) is 4.64. The molecule has 0 radical (unpaired) electrons. The number of hydrogen-bond donors (Lipinski definition) is 0. The minimum atomic E-state index is -5.31. The topological polar surface area (TPSA) is 9.23 Å². The first-order chi connectivity index (χ1) is 7.75. The number of halogens is 7. The number of methoxy groups -OCH3 is 1. The van der Waals surface area contributed by atoms with E-state index in [9.17, 15) is 26.3 Å². The lowest BCUT2D eigenvalue weighted by Gasteiger charge is -2.14. The van der Waals surface area contributed by atoms with Crippen LogP contribution in [0.3, 0.4) is 0 Å². The van der Waals surface area contributed by atoms with E-state index in [0.717, 1.165) is 7.11 Å². The van der Waals surface area contributed by atoms with E-state index in [2.05, 4.69) is 9.25 Å². The zero-order valence-electron chi connectivity index (χ0n) is 8.26. The third kappa shape index (κ3) is 2.40. The minimum Gasteiger partial charge on any atom is -0.492 e. The largest absolute Gasteiger partial charge is 0.492 e. The molecule has 0 spiro atoms. The average Bonchev–Trinajstić information content (AvgIpc) is 2.21. The highest BCUT2D eigenvalue weighted by atomic mass is 127. The summed E-state index contributed by atoms with van der Waals surface area (Å²) in [6.07, 6.45) is -5.31. The first-order valence-corrected chi connectivity index (χ1v) is 6.56. The molecular weight excluding hydrogens is 365 g/mol. The number of rotatable bonds is 2. The summed E-state index contributed by atoms with van der Waals surface area (Å²) in [6.45, 7) is 0. The molecule has 8 heteroatoms. The fourth-order valence-electron chi connectivity index (χ4n) is 1.16. The van der Waals surface area contributed by atoms with Crippen molar-refractivity contribution in [3.05, 3.63) is 26.6 Å². The fourth-order valence-corrected chi connectivity index (χ4v) is 2.57. The van der Waals surface area contributed by atoms with Crippen LogP contribution in [0, 0.1) is 21.0 Å². The first-order valence-electron chi connectivity index (χ1n) is 3.95. The van der Waals surface area contributed by atoms with Crippen LogP contribution in [0.1, 0.15) is 5.56 Å². The Morgan fingerprint density at radius 3 is 1.94 bits per heavy atom. The smallest absolute Gasteiger partial charge is 0.422 e. The molecular formula is C9H5F6IO. The predicted molar refractivity (Wildman–Crippen MR) is 57.7 cm³/mol. The minimum absolute atomic E-state index is 0.641. The summed E-state index contributed by atoms with van der Waals surface area (Å²) in [5, 5.41) is 0.